The van der Waals surface area contributed by atoms with Gasteiger partial charge in [0.1, 0.15) is 5.75 Å². The second kappa shape index (κ2) is 8.77. The third-order valence-corrected chi connectivity index (χ3v) is 4.46. The van der Waals surface area contributed by atoms with E-state index >= 15 is 0 Å². The van der Waals surface area contributed by atoms with Crippen LogP contribution in [0.25, 0.3) is 0 Å². The molecule has 0 fully saturated rings. The fraction of sp³-hybridized carbons (Fsp3) is 0.381. The monoisotopic (exact) mass is 372 g/mol. The number of benzene rings is 2. The Morgan fingerprint density at radius 2 is 1.63 bits per heavy atom. The van der Waals surface area contributed by atoms with Crippen LogP contribution in [0.1, 0.15) is 66.6 Å². The molecule has 0 bridgehead atoms. The molecule has 0 aliphatic heterocycles. The fourth-order valence-electron chi connectivity index (χ4n) is 2.86. The highest BCUT2D eigenvalue weighted by atomic mass is 16.5. The molecule has 0 radical (unpaired) electrons. The van der Waals surface area contributed by atoms with Crippen molar-refractivity contribution in [1.82, 2.24) is 10.9 Å². The topological polar surface area (TPSA) is 90.8 Å². The van der Waals surface area contributed by atoms with Crippen molar-refractivity contribution in [2.75, 3.05) is 7.11 Å². The Labute approximate surface area is 160 Å². The highest BCUT2D eigenvalue weighted by molar-refractivity contribution is 5.94. The van der Waals surface area contributed by atoms with Gasteiger partial charge < -0.3 is 14.9 Å². The van der Waals surface area contributed by atoms with E-state index in [4.69, 9.17) is 4.74 Å². The standard InChI is InChI=1S/C21H28N2O4/c1-12(2)16-9-15(10-17(13(3)4)20(16)25)21(26)23-22-11-14-7-6-8-18(27-5)19(14)24/h6-10,12-13,22,24-25H,11H2,1-5H3,(H,23,26). The van der Waals surface area contributed by atoms with E-state index in [1.165, 1.54) is 7.11 Å². The van der Waals surface area contributed by atoms with E-state index in [0.29, 0.717) is 16.9 Å². The van der Waals surface area contributed by atoms with Gasteiger partial charge in [0.2, 0.25) is 0 Å². The van der Waals surface area contributed by atoms with Gasteiger partial charge in [-0.1, -0.05) is 39.8 Å². The summed E-state index contributed by atoms with van der Waals surface area (Å²) in [6.07, 6.45) is 0. The SMILES string of the molecule is COc1cccc(CNNC(=O)c2cc(C(C)C)c(O)c(C(C)C)c2)c1O. The van der Waals surface area contributed by atoms with Gasteiger partial charge in [0, 0.05) is 17.7 Å². The molecule has 2 aromatic carbocycles. The molecule has 0 heterocycles. The predicted molar refractivity (Wildman–Crippen MR) is 105 cm³/mol. The van der Waals surface area contributed by atoms with Gasteiger partial charge >= 0.3 is 0 Å². The first-order valence-electron chi connectivity index (χ1n) is 9.01. The normalized spacial score (nSPS) is 11.1. The summed E-state index contributed by atoms with van der Waals surface area (Å²) in [6.45, 7) is 8.14. The molecule has 0 unspecified atom stereocenters. The van der Waals surface area contributed by atoms with Crippen LogP contribution >= 0.6 is 0 Å². The largest absolute Gasteiger partial charge is 0.507 e. The van der Waals surface area contributed by atoms with Crippen LogP contribution in [0.2, 0.25) is 0 Å². The van der Waals surface area contributed by atoms with Gasteiger partial charge in [-0.3, -0.25) is 10.2 Å². The molecular formula is C21H28N2O4. The van der Waals surface area contributed by atoms with E-state index in [1.54, 1.807) is 30.3 Å². The Morgan fingerprint density at radius 1 is 1.04 bits per heavy atom. The van der Waals surface area contributed by atoms with Gasteiger partial charge in [-0.15, -0.1) is 0 Å². The molecule has 0 saturated carbocycles. The summed E-state index contributed by atoms with van der Waals surface area (Å²) in [4.78, 5) is 12.6. The van der Waals surface area contributed by atoms with Crippen LogP contribution < -0.4 is 15.6 Å². The van der Waals surface area contributed by atoms with E-state index in [-0.39, 0.29) is 35.8 Å². The second-order valence-corrected chi connectivity index (χ2v) is 7.09. The third kappa shape index (κ3) is 4.71. The summed E-state index contributed by atoms with van der Waals surface area (Å²) >= 11 is 0. The molecule has 27 heavy (non-hydrogen) atoms. The van der Waals surface area contributed by atoms with E-state index in [2.05, 4.69) is 10.9 Å². The van der Waals surface area contributed by atoms with Crippen LogP contribution in [0.5, 0.6) is 17.2 Å². The van der Waals surface area contributed by atoms with E-state index in [0.717, 1.165) is 11.1 Å². The van der Waals surface area contributed by atoms with Gasteiger partial charge in [0.25, 0.3) is 5.91 Å². The number of carbonyl (C=O) groups is 1. The molecule has 4 N–H and O–H groups in total. The van der Waals surface area contributed by atoms with Gasteiger partial charge in [0.15, 0.2) is 11.5 Å². The van der Waals surface area contributed by atoms with Crippen molar-refractivity contribution < 1.29 is 19.7 Å². The number of rotatable bonds is 7. The summed E-state index contributed by atoms with van der Waals surface area (Å²) in [5.74, 6) is 0.554. The molecule has 6 heteroatoms. The smallest absolute Gasteiger partial charge is 0.265 e. The minimum Gasteiger partial charge on any atom is -0.507 e. The van der Waals surface area contributed by atoms with E-state index in [9.17, 15) is 15.0 Å². The number of phenolic OH excluding ortho intramolecular Hbond substituents is 2. The Kier molecular flexibility index (Phi) is 6.69. The van der Waals surface area contributed by atoms with Crippen LogP contribution in [0.3, 0.4) is 0 Å². The summed E-state index contributed by atoms with van der Waals surface area (Å²) in [7, 11) is 1.48. The molecule has 6 nitrogen and oxygen atoms in total. The number of methoxy groups -OCH3 is 1. The summed E-state index contributed by atoms with van der Waals surface area (Å²) < 4.78 is 5.08. The first-order valence-corrected chi connectivity index (χ1v) is 9.01. The molecule has 0 aliphatic rings. The lowest BCUT2D eigenvalue weighted by Crippen LogP contribution is -2.37. The molecular weight excluding hydrogens is 344 g/mol. The quantitative estimate of drug-likeness (QED) is 0.555. The summed E-state index contributed by atoms with van der Waals surface area (Å²) in [5, 5.41) is 20.5. The number of nitrogens with one attached hydrogen (secondary N) is 2. The third-order valence-electron chi connectivity index (χ3n) is 4.46. The minimum absolute atomic E-state index is 0.0376. The lowest BCUT2D eigenvalue weighted by molar-refractivity contribution is 0.0931. The minimum atomic E-state index is -0.304. The molecule has 0 saturated heterocycles. The van der Waals surface area contributed by atoms with Gasteiger partial charge in [-0.2, -0.15) is 0 Å². The Hall–Kier alpha value is -2.73. The Morgan fingerprint density at radius 3 is 2.15 bits per heavy atom. The average Bonchev–Trinajstić information content (AvgIpc) is 2.62. The number of hydrogen-bond donors (Lipinski definition) is 4. The first kappa shape index (κ1) is 20.6. The number of aromatic hydroxyl groups is 2. The highest BCUT2D eigenvalue weighted by Gasteiger charge is 2.18. The number of hydrazine groups is 1. The van der Waals surface area contributed by atoms with Crippen molar-refractivity contribution in [3.8, 4) is 17.2 Å². The average molecular weight is 372 g/mol. The van der Waals surface area contributed by atoms with Crippen molar-refractivity contribution in [2.24, 2.45) is 0 Å². The molecule has 2 rings (SSSR count). The van der Waals surface area contributed by atoms with Crippen LogP contribution in [0.4, 0.5) is 0 Å². The zero-order valence-corrected chi connectivity index (χ0v) is 16.5. The molecule has 0 aromatic heterocycles. The van der Waals surface area contributed by atoms with Crippen molar-refractivity contribution in [3.63, 3.8) is 0 Å². The molecule has 2 aromatic rings. The number of para-hydroxylation sites is 1. The lowest BCUT2D eigenvalue weighted by atomic mass is 9.91. The maximum Gasteiger partial charge on any atom is 0.265 e. The fourth-order valence-corrected chi connectivity index (χ4v) is 2.86. The van der Waals surface area contributed by atoms with Crippen molar-refractivity contribution in [3.05, 3.63) is 52.6 Å². The summed E-state index contributed by atoms with van der Waals surface area (Å²) in [5.41, 5.74) is 8.04. The van der Waals surface area contributed by atoms with Crippen molar-refractivity contribution in [2.45, 2.75) is 46.1 Å². The Bertz CT molecular complexity index is 787. The predicted octanol–water partition coefficient (Wildman–Crippen LogP) is 3.79. The molecule has 1 amide bonds. The number of ether oxygens (including phenoxy) is 1. The second-order valence-electron chi connectivity index (χ2n) is 7.09. The van der Waals surface area contributed by atoms with Crippen molar-refractivity contribution in [1.29, 1.82) is 0 Å². The van der Waals surface area contributed by atoms with Gasteiger partial charge in [-0.25, -0.2) is 5.43 Å². The zero-order valence-electron chi connectivity index (χ0n) is 16.5. The summed E-state index contributed by atoms with van der Waals surface area (Å²) in [6, 6.07) is 8.60. The van der Waals surface area contributed by atoms with Crippen LogP contribution in [0.15, 0.2) is 30.3 Å². The maximum absolute atomic E-state index is 12.6. The molecule has 0 aliphatic carbocycles. The number of carbonyl (C=O) groups excluding carboxylic acids is 1. The van der Waals surface area contributed by atoms with Crippen LogP contribution in [-0.2, 0) is 6.54 Å². The molecule has 0 spiro atoms. The van der Waals surface area contributed by atoms with E-state index < -0.39 is 0 Å². The van der Waals surface area contributed by atoms with E-state index in [1.807, 2.05) is 27.7 Å². The highest BCUT2D eigenvalue weighted by Crippen LogP contribution is 2.34. The number of amides is 1. The molecule has 146 valence electrons. The van der Waals surface area contributed by atoms with Crippen LogP contribution in [0, 0.1) is 0 Å². The Balaban J connectivity index is 2.14. The van der Waals surface area contributed by atoms with Gasteiger partial charge in [-0.05, 0) is 41.2 Å². The lowest BCUT2D eigenvalue weighted by Gasteiger charge is -2.17. The number of phenols is 2. The van der Waals surface area contributed by atoms with Gasteiger partial charge in [0.05, 0.1) is 7.11 Å². The molecule has 0 atom stereocenters. The maximum atomic E-state index is 12.6. The van der Waals surface area contributed by atoms with Crippen molar-refractivity contribution >= 4 is 5.91 Å². The first-order chi connectivity index (χ1) is 12.8. The zero-order chi connectivity index (χ0) is 20.1. The number of hydrogen-bond acceptors (Lipinski definition) is 5. The van der Waals surface area contributed by atoms with Crippen LogP contribution in [-0.4, -0.2) is 23.2 Å².